The average Bonchev–Trinajstić information content (AvgIpc) is 3.12. The highest BCUT2D eigenvalue weighted by molar-refractivity contribution is 14.1. The van der Waals surface area contributed by atoms with E-state index in [1.807, 2.05) is 48.5 Å². The topological polar surface area (TPSA) is 54.0 Å². The van der Waals surface area contributed by atoms with Gasteiger partial charge in [0.15, 0.2) is 5.11 Å². The summed E-state index contributed by atoms with van der Waals surface area (Å²) < 4.78 is 2.17. The minimum Gasteiger partial charge on any atom is -0.332 e. The molecule has 0 spiro atoms. The first-order valence-corrected chi connectivity index (χ1v) is 11.2. The minimum absolute atomic E-state index is 0.206. The van der Waals surface area contributed by atoms with Crippen molar-refractivity contribution in [1.82, 2.24) is 10.3 Å². The summed E-state index contributed by atoms with van der Waals surface area (Å²) in [6.07, 6.45) is 0. The summed E-state index contributed by atoms with van der Waals surface area (Å²) in [6.45, 7) is 0. The van der Waals surface area contributed by atoms with Gasteiger partial charge in [0.25, 0.3) is 5.91 Å². The molecule has 2 N–H and O–H groups in total. The molecule has 4 nitrogen and oxygen atoms in total. The van der Waals surface area contributed by atoms with Crippen molar-refractivity contribution in [2.45, 2.75) is 0 Å². The van der Waals surface area contributed by atoms with Crippen LogP contribution in [0.1, 0.15) is 10.4 Å². The zero-order chi connectivity index (χ0) is 20.4. The number of fused-ring (bicyclic) bond motifs is 1. The summed E-state index contributed by atoms with van der Waals surface area (Å²) >= 11 is 15.5. The Labute approximate surface area is 195 Å². The van der Waals surface area contributed by atoms with E-state index in [-0.39, 0.29) is 11.0 Å². The third-order valence-corrected chi connectivity index (χ3v) is 6.39. The van der Waals surface area contributed by atoms with Gasteiger partial charge in [-0.05, 0) is 89.4 Å². The van der Waals surface area contributed by atoms with Gasteiger partial charge in [-0.2, -0.15) is 0 Å². The van der Waals surface area contributed by atoms with Crippen LogP contribution < -0.4 is 10.6 Å². The Bertz CT molecular complexity index is 1190. The Kier molecular flexibility index (Phi) is 6.09. The Balaban J connectivity index is 1.47. The Morgan fingerprint density at radius 2 is 1.83 bits per heavy atom. The number of hydrogen-bond donors (Lipinski definition) is 2. The fraction of sp³-hybridized carbons (Fsp3) is 0. The predicted octanol–water partition coefficient (Wildman–Crippen LogP) is 6.35. The summed E-state index contributed by atoms with van der Waals surface area (Å²) in [7, 11) is 0. The first-order valence-electron chi connectivity index (χ1n) is 8.53. The van der Waals surface area contributed by atoms with E-state index in [4.69, 9.17) is 23.8 Å². The molecule has 0 saturated carbocycles. The lowest BCUT2D eigenvalue weighted by atomic mass is 10.2. The molecule has 1 amide bonds. The second kappa shape index (κ2) is 8.74. The lowest BCUT2D eigenvalue weighted by Crippen LogP contribution is -2.34. The van der Waals surface area contributed by atoms with Crippen LogP contribution in [0.5, 0.6) is 0 Å². The molecule has 0 saturated heterocycles. The Hall–Kier alpha value is -2.07. The third kappa shape index (κ3) is 4.75. The number of thiocarbonyl (C=S) groups is 1. The molecule has 144 valence electrons. The normalized spacial score (nSPS) is 10.7. The van der Waals surface area contributed by atoms with E-state index in [1.165, 1.54) is 0 Å². The van der Waals surface area contributed by atoms with Crippen LogP contribution in [-0.2, 0) is 0 Å². The number of para-hydroxylation sites is 1. The van der Waals surface area contributed by atoms with Gasteiger partial charge in [-0.3, -0.25) is 10.1 Å². The van der Waals surface area contributed by atoms with E-state index in [0.717, 1.165) is 24.4 Å². The molecule has 1 heterocycles. The summed E-state index contributed by atoms with van der Waals surface area (Å²) in [5.74, 6) is -0.268. The second-order valence-electron chi connectivity index (χ2n) is 6.10. The zero-order valence-corrected chi connectivity index (χ0v) is 19.3. The summed E-state index contributed by atoms with van der Waals surface area (Å²) in [6, 6.07) is 20.7. The first-order chi connectivity index (χ1) is 14.0. The standard InChI is InChI=1S/C21H13ClIN3OS2/c22-16-11-14(24-21(28)26-19(27)12-5-7-13(23)8-6-12)9-10-15(16)20-25-17-3-1-2-4-18(17)29-20/h1-11H,(H2,24,26,27,28). The molecule has 0 fully saturated rings. The van der Waals surface area contributed by atoms with E-state index >= 15 is 0 Å². The number of amides is 1. The molecule has 3 aromatic carbocycles. The quantitative estimate of drug-likeness (QED) is 0.231. The first kappa shape index (κ1) is 20.2. The summed E-state index contributed by atoms with van der Waals surface area (Å²) in [5, 5.41) is 7.29. The number of benzene rings is 3. The fourth-order valence-electron chi connectivity index (χ4n) is 2.69. The molecule has 4 rings (SSSR count). The van der Waals surface area contributed by atoms with Crippen molar-refractivity contribution in [3.05, 3.63) is 80.9 Å². The molecule has 0 aliphatic heterocycles. The van der Waals surface area contributed by atoms with Crippen LogP contribution in [0.25, 0.3) is 20.8 Å². The van der Waals surface area contributed by atoms with Gasteiger partial charge in [0.2, 0.25) is 0 Å². The van der Waals surface area contributed by atoms with Crippen LogP contribution >= 0.6 is 57.7 Å². The van der Waals surface area contributed by atoms with E-state index in [1.54, 1.807) is 29.5 Å². The molecule has 0 bridgehead atoms. The van der Waals surface area contributed by atoms with E-state index in [0.29, 0.717) is 16.3 Å². The molecule has 8 heteroatoms. The zero-order valence-electron chi connectivity index (χ0n) is 14.8. The van der Waals surface area contributed by atoms with Gasteiger partial charge in [-0.1, -0.05) is 23.7 Å². The summed E-state index contributed by atoms with van der Waals surface area (Å²) in [4.78, 5) is 16.9. The van der Waals surface area contributed by atoms with Crippen molar-refractivity contribution in [1.29, 1.82) is 0 Å². The van der Waals surface area contributed by atoms with E-state index in [9.17, 15) is 4.79 Å². The van der Waals surface area contributed by atoms with Crippen LogP contribution in [0, 0.1) is 3.57 Å². The number of carbonyl (C=O) groups excluding carboxylic acids is 1. The number of aromatic nitrogens is 1. The molecule has 0 radical (unpaired) electrons. The van der Waals surface area contributed by atoms with Gasteiger partial charge >= 0.3 is 0 Å². The largest absolute Gasteiger partial charge is 0.332 e. The highest BCUT2D eigenvalue weighted by Gasteiger charge is 2.12. The van der Waals surface area contributed by atoms with Crippen LogP contribution in [0.15, 0.2) is 66.7 Å². The van der Waals surface area contributed by atoms with Gasteiger partial charge in [0.1, 0.15) is 5.01 Å². The smallest absolute Gasteiger partial charge is 0.257 e. The molecule has 1 aromatic heterocycles. The van der Waals surface area contributed by atoms with Gasteiger partial charge in [-0.25, -0.2) is 4.98 Å². The van der Waals surface area contributed by atoms with Crippen LogP contribution in [0.3, 0.4) is 0 Å². The number of anilines is 1. The van der Waals surface area contributed by atoms with E-state index < -0.39 is 0 Å². The molecule has 4 aromatic rings. The SMILES string of the molecule is O=C(NC(=S)Nc1ccc(-c2nc3ccccc3s2)c(Cl)c1)c1ccc(I)cc1. The monoisotopic (exact) mass is 549 g/mol. The maximum Gasteiger partial charge on any atom is 0.257 e. The lowest BCUT2D eigenvalue weighted by molar-refractivity contribution is 0.0977. The van der Waals surface area contributed by atoms with Crippen molar-refractivity contribution in [2.24, 2.45) is 0 Å². The molecular weight excluding hydrogens is 537 g/mol. The average molecular weight is 550 g/mol. The molecule has 0 unspecified atom stereocenters. The third-order valence-electron chi connectivity index (χ3n) is 4.08. The number of halogens is 2. The maximum atomic E-state index is 12.3. The van der Waals surface area contributed by atoms with Crippen molar-refractivity contribution < 1.29 is 4.79 Å². The highest BCUT2D eigenvalue weighted by Crippen LogP contribution is 2.35. The molecule has 0 aliphatic carbocycles. The van der Waals surface area contributed by atoms with Gasteiger partial charge in [0.05, 0.1) is 15.2 Å². The van der Waals surface area contributed by atoms with Crippen molar-refractivity contribution in [2.75, 3.05) is 5.32 Å². The Morgan fingerprint density at radius 3 is 2.55 bits per heavy atom. The molecule has 0 aliphatic rings. The highest BCUT2D eigenvalue weighted by atomic mass is 127. The van der Waals surface area contributed by atoms with Crippen LogP contribution in [-0.4, -0.2) is 16.0 Å². The number of thiazole rings is 1. The molecular formula is C21H13ClIN3OS2. The number of nitrogens with one attached hydrogen (secondary N) is 2. The second-order valence-corrected chi connectivity index (χ2v) is 9.19. The van der Waals surface area contributed by atoms with Crippen LogP contribution in [0.2, 0.25) is 5.02 Å². The van der Waals surface area contributed by atoms with Crippen molar-refractivity contribution in [3.8, 4) is 10.6 Å². The fourth-order valence-corrected chi connectivity index (χ4v) is 4.59. The van der Waals surface area contributed by atoms with Crippen LogP contribution in [0.4, 0.5) is 5.69 Å². The van der Waals surface area contributed by atoms with Gasteiger partial charge < -0.3 is 5.32 Å². The summed E-state index contributed by atoms with van der Waals surface area (Å²) in [5.41, 5.74) is 3.03. The number of nitrogens with zero attached hydrogens (tertiary/aromatic N) is 1. The van der Waals surface area contributed by atoms with Gasteiger partial charge in [0, 0.05) is 20.4 Å². The minimum atomic E-state index is -0.268. The van der Waals surface area contributed by atoms with E-state index in [2.05, 4.69) is 38.2 Å². The maximum absolute atomic E-state index is 12.3. The molecule has 0 atom stereocenters. The number of hydrogen-bond acceptors (Lipinski definition) is 4. The van der Waals surface area contributed by atoms with Gasteiger partial charge in [-0.15, -0.1) is 11.3 Å². The van der Waals surface area contributed by atoms with Crippen molar-refractivity contribution in [3.63, 3.8) is 0 Å². The lowest BCUT2D eigenvalue weighted by Gasteiger charge is -2.11. The molecule has 29 heavy (non-hydrogen) atoms. The number of rotatable bonds is 3. The van der Waals surface area contributed by atoms with Crippen molar-refractivity contribution >= 4 is 84.7 Å². The Morgan fingerprint density at radius 1 is 1.07 bits per heavy atom. The predicted molar refractivity (Wildman–Crippen MR) is 133 cm³/mol. The number of carbonyl (C=O) groups is 1.